The first-order valence-electron chi connectivity index (χ1n) is 9.15. The monoisotopic (exact) mass is 370 g/mol. The molecule has 2 aliphatic rings. The lowest BCUT2D eigenvalue weighted by Gasteiger charge is -2.36. The third-order valence-electron chi connectivity index (χ3n) is 4.73. The SMILES string of the molecule is CC=NC1=C(C)CCCC1=NNC(=S)N1CCN(c2ccccn2)CC1. The minimum Gasteiger partial charge on any atom is -0.353 e. The number of piperazine rings is 1. The van der Waals surface area contributed by atoms with Gasteiger partial charge in [0.25, 0.3) is 0 Å². The fraction of sp³-hybridized carbons (Fsp3) is 0.474. The van der Waals surface area contributed by atoms with Crippen LogP contribution in [0, 0.1) is 0 Å². The Morgan fingerprint density at radius 1 is 1.23 bits per heavy atom. The summed E-state index contributed by atoms with van der Waals surface area (Å²) in [7, 11) is 0. The number of hydrogen-bond donors (Lipinski definition) is 1. The van der Waals surface area contributed by atoms with Crippen molar-refractivity contribution < 1.29 is 0 Å². The summed E-state index contributed by atoms with van der Waals surface area (Å²) in [6.45, 7) is 7.60. The van der Waals surface area contributed by atoms with Gasteiger partial charge < -0.3 is 9.80 Å². The van der Waals surface area contributed by atoms with Gasteiger partial charge in [-0.05, 0) is 63.0 Å². The minimum absolute atomic E-state index is 0.682. The van der Waals surface area contributed by atoms with Crippen LogP contribution >= 0.6 is 12.2 Å². The molecule has 0 atom stereocenters. The molecule has 0 aromatic carbocycles. The number of allylic oxidation sites excluding steroid dienone is 2. The first kappa shape index (κ1) is 18.5. The average molecular weight is 371 g/mol. The van der Waals surface area contributed by atoms with Gasteiger partial charge in [-0.3, -0.25) is 10.4 Å². The topological polar surface area (TPSA) is 56.1 Å². The predicted molar refractivity (Wildman–Crippen MR) is 112 cm³/mol. The lowest BCUT2D eigenvalue weighted by Crippen LogP contribution is -2.51. The maximum Gasteiger partial charge on any atom is 0.189 e. The second kappa shape index (κ2) is 8.89. The van der Waals surface area contributed by atoms with Crippen molar-refractivity contribution in [3.63, 3.8) is 0 Å². The molecule has 0 bridgehead atoms. The number of hydrogen-bond acceptors (Lipinski definition) is 5. The predicted octanol–water partition coefficient (Wildman–Crippen LogP) is 2.98. The van der Waals surface area contributed by atoms with Crippen molar-refractivity contribution in [3.05, 3.63) is 35.7 Å². The zero-order chi connectivity index (χ0) is 18.4. The lowest BCUT2D eigenvalue weighted by atomic mass is 9.96. The van der Waals surface area contributed by atoms with Gasteiger partial charge in [0, 0.05) is 38.6 Å². The zero-order valence-electron chi connectivity index (χ0n) is 15.5. The molecular weight excluding hydrogens is 344 g/mol. The summed E-state index contributed by atoms with van der Waals surface area (Å²) in [5.74, 6) is 1.02. The first-order chi connectivity index (χ1) is 12.7. The van der Waals surface area contributed by atoms with Crippen molar-refractivity contribution in [2.45, 2.75) is 33.1 Å². The maximum absolute atomic E-state index is 5.55. The van der Waals surface area contributed by atoms with Gasteiger partial charge in [-0.15, -0.1) is 0 Å². The number of aromatic nitrogens is 1. The Hall–Kier alpha value is -2.28. The molecule has 6 nitrogen and oxygen atoms in total. The van der Waals surface area contributed by atoms with E-state index in [2.05, 4.69) is 37.2 Å². The summed E-state index contributed by atoms with van der Waals surface area (Å²) < 4.78 is 0. The van der Waals surface area contributed by atoms with E-state index in [0.29, 0.717) is 5.11 Å². The molecule has 1 fully saturated rings. The van der Waals surface area contributed by atoms with Gasteiger partial charge in [-0.1, -0.05) is 6.07 Å². The molecule has 0 radical (unpaired) electrons. The molecule has 1 aromatic rings. The Morgan fingerprint density at radius 3 is 2.73 bits per heavy atom. The van der Waals surface area contributed by atoms with E-state index in [4.69, 9.17) is 12.2 Å². The molecule has 7 heteroatoms. The van der Waals surface area contributed by atoms with Crippen LogP contribution in [0.2, 0.25) is 0 Å². The van der Waals surface area contributed by atoms with Crippen LogP contribution < -0.4 is 10.3 Å². The number of hydrazone groups is 1. The van der Waals surface area contributed by atoms with Crippen LogP contribution in [-0.2, 0) is 0 Å². The van der Waals surface area contributed by atoms with Crippen LogP contribution in [0.15, 0.2) is 45.8 Å². The fourth-order valence-corrected chi connectivity index (χ4v) is 3.52. The van der Waals surface area contributed by atoms with Gasteiger partial charge in [0.15, 0.2) is 5.11 Å². The molecule has 0 spiro atoms. The molecule has 138 valence electrons. The van der Waals surface area contributed by atoms with Gasteiger partial charge in [-0.25, -0.2) is 4.98 Å². The van der Waals surface area contributed by atoms with Crippen molar-refractivity contribution in [1.29, 1.82) is 0 Å². The molecule has 0 unspecified atom stereocenters. The third kappa shape index (κ3) is 4.46. The molecule has 3 rings (SSSR count). The summed E-state index contributed by atoms with van der Waals surface area (Å²) in [6, 6.07) is 6.01. The van der Waals surface area contributed by atoms with E-state index < -0.39 is 0 Å². The van der Waals surface area contributed by atoms with Gasteiger partial charge in [-0.2, -0.15) is 5.10 Å². The van der Waals surface area contributed by atoms with Crippen LogP contribution in [-0.4, -0.2) is 53.1 Å². The van der Waals surface area contributed by atoms with Crippen molar-refractivity contribution in [3.8, 4) is 0 Å². The summed E-state index contributed by atoms with van der Waals surface area (Å²) in [5, 5.41) is 5.25. The molecule has 0 amide bonds. The van der Waals surface area contributed by atoms with Crippen molar-refractivity contribution in [1.82, 2.24) is 15.3 Å². The van der Waals surface area contributed by atoms with E-state index in [0.717, 1.165) is 62.7 Å². The summed E-state index contributed by atoms with van der Waals surface area (Å²) in [4.78, 5) is 13.4. The van der Waals surface area contributed by atoms with Gasteiger partial charge in [0.1, 0.15) is 5.82 Å². The zero-order valence-corrected chi connectivity index (χ0v) is 16.3. The fourth-order valence-electron chi connectivity index (χ4n) is 3.29. The summed E-state index contributed by atoms with van der Waals surface area (Å²) in [6.07, 6.45) is 6.80. The molecule has 1 saturated heterocycles. The molecule has 1 aromatic heterocycles. The largest absolute Gasteiger partial charge is 0.353 e. The van der Waals surface area contributed by atoms with Crippen LogP contribution in [0.4, 0.5) is 5.82 Å². The average Bonchev–Trinajstić information content (AvgIpc) is 2.69. The molecule has 2 heterocycles. The van der Waals surface area contributed by atoms with Crippen molar-refractivity contribution >= 4 is 35.1 Å². The Bertz CT molecular complexity index is 717. The molecule has 26 heavy (non-hydrogen) atoms. The summed E-state index contributed by atoms with van der Waals surface area (Å²) >= 11 is 5.55. The maximum atomic E-state index is 5.55. The highest BCUT2D eigenvalue weighted by molar-refractivity contribution is 7.80. The van der Waals surface area contributed by atoms with Gasteiger partial charge >= 0.3 is 0 Å². The molecule has 0 saturated carbocycles. The quantitative estimate of drug-likeness (QED) is 0.504. The van der Waals surface area contributed by atoms with E-state index in [9.17, 15) is 0 Å². The highest BCUT2D eigenvalue weighted by Gasteiger charge is 2.20. The van der Waals surface area contributed by atoms with Gasteiger partial charge in [0.2, 0.25) is 0 Å². The Labute approximate surface area is 160 Å². The van der Waals surface area contributed by atoms with Crippen LogP contribution in [0.5, 0.6) is 0 Å². The molecule has 1 aliphatic carbocycles. The van der Waals surface area contributed by atoms with Crippen LogP contribution in [0.25, 0.3) is 0 Å². The number of thiocarbonyl (C=S) groups is 1. The van der Waals surface area contributed by atoms with Crippen molar-refractivity contribution in [2.75, 3.05) is 31.1 Å². The van der Waals surface area contributed by atoms with Crippen LogP contribution in [0.3, 0.4) is 0 Å². The normalized spacial score (nSPS) is 20.2. The second-order valence-corrected chi connectivity index (χ2v) is 6.89. The minimum atomic E-state index is 0.682. The smallest absolute Gasteiger partial charge is 0.189 e. The number of pyridine rings is 1. The summed E-state index contributed by atoms with van der Waals surface area (Å²) in [5.41, 5.74) is 6.39. The van der Waals surface area contributed by atoms with E-state index in [-0.39, 0.29) is 0 Å². The highest BCUT2D eigenvalue weighted by atomic mass is 32.1. The Kier molecular flexibility index (Phi) is 6.33. The van der Waals surface area contributed by atoms with Crippen molar-refractivity contribution in [2.24, 2.45) is 10.1 Å². The van der Waals surface area contributed by atoms with Crippen LogP contribution in [0.1, 0.15) is 33.1 Å². The van der Waals surface area contributed by atoms with E-state index >= 15 is 0 Å². The lowest BCUT2D eigenvalue weighted by molar-refractivity contribution is 0.380. The first-order valence-corrected chi connectivity index (χ1v) is 9.56. The van der Waals surface area contributed by atoms with Gasteiger partial charge in [0.05, 0.1) is 11.4 Å². The standard InChI is InChI=1S/C19H26N6S/c1-3-20-18-15(2)7-6-8-16(18)22-23-19(26)25-13-11-24(12-14-25)17-9-4-5-10-21-17/h3-5,9-10H,6-8,11-14H2,1-2H3,(H,23,26). The third-order valence-corrected chi connectivity index (χ3v) is 5.08. The number of nitrogens with one attached hydrogen (secondary N) is 1. The molecular formula is C19H26N6S. The highest BCUT2D eigenvalue weighted by Crippen LogP contribution is 2.23. The molecule has 1 N–H and O–H groups in total. The number of nitrogens with zero attached hydrogens (tertiary/aromatic N) is 5. The molecule has 1 aliphatic heterocycles. The van der Waals surface area contributed by atoms with E-state index in [1.54, 1.807) is 0 Å². The van der Waals surface area contributed by atoms with E-state index in [1.807, 2.05) is 37.5 Å². The number of aliphatic imine (C=N–C) groups is 1. The second-order valence-electron chi connectivity index (χ2n) is 6.51. The number of anilines is 1. The Morgan fingerprint density at radius 2 is 2.04 bits per heavy atom. The Balaban J connectivity index is 1.57. The van der Waals surface area contributed by atoms with E-state index in [1.165, 1.54) is 5.57 Å². The number of rotatable bonds is 3.